The topological polar surface area (TPSA) is 63.3 Å². The summed E-state index contributed by atoms with van der Waals surface area (Å²) in [6.45, 7) is 19.3. The van der Waals surface area contributed by atoms with Gasteiger partial charge in [0, 0.05) is 43.4 Å². The number of aliphatic hydroxyl groups is 1. The maximum Gasteiger partial charge on any atom is 0.162 e. The van der Waals surface area contributed by atoms with Crippen molar-refractivity contribution < 1.29 is 34.4 Å². The van der Waals surface area contributed by atoms with E-state index in [-0.39, 0.29) is 48.9 Å². The maximum absolute atomic E-state index is 11.7. The molecule has 1 aliphatic carbocycles. The molecule has 4 nitrogen and oxygen atoms in total. The van der Waals surface area contributed by atoms with Crippen molar-refractivity contribution in [1.29, 1.82) is 0 Å². The Morgan fingerprint density at radius 1 is 0.935 bits per heavy atom. The van der Waals surface area contributed by atoms with Crippen molar-refractivity contribution in [3.8, 4) is 11.3 Å². The fourth-order valence-electron chi connectivity index (χ4n) is 6.93. The van der Waals surface area contributed by atoms with Crippen molar-refractivity contribution in [2.45, 2.75) is 99.3 Å². The molecule has 0 unspecified atom stereocenters. The number of aromatic nitrogens is 1. The van der Waals surface area contributed by atoms with Gasteiger partial charge in [0.2, 0.25) is 0 Å². The average molecular weight is 795 g/mol. The standard InChI is InChI=1S/C28H24NO.C13H24O2.Ir/c1-15(2)18-12-13-20-24-23-19(11-10-16(3)26(23)30-27(18)24)25-21(28(20,4)5)14-17-8-6-7-9-22(17)29-25;1-5-10(6-2)12(14)9-13(15)11(7-3)8-4;/h6-10,12-15H,1-5H3;9-11,14H,5-8H2,1-4H3;/q-1;;/b;12-9-;. The number of carbonyl (C=O) groups is 1. The van der Waals surface area contributed by atoms with E-state index in [0.717, 1.165) is 64.6 Å². The molecule has 0 aliphatic heterocycles. The Kier molecular flexibility index (Phi) is 11.0. The van der Waals surface area contributed by atoms with Gasteiger partial charge < -0.3 is 9.52 Å². The van der Waals surface area contributed by atoms with Crippen LogP contribution in [0.4, 0.5) is 0 Å². The number of ketones is 1. The number of aryl methyl sites for hydroxylation is 1. The van der Waals surface area contributed by atoms with Crippen molar-refractivity contribution in [3.63, 3.8) is 0 Å². The first-order valence-electron chi connectivity index (χ1n) is 16.7. The molecule has 0 amide bonds. The number of carbonyl (C=O) groups excluding carboxylic acids is 1. The molecule has 0 spiro atoms. The van der Waals surface area contributed by atoms with Gasteiger partial charge in [-0.05, 0) is 65.3 Å². The Labute approximate surface area is 288 Å². The molecule has 1 radical (unpaired) electrons. The SMILES string of the molecule is CCC(CC)C(=O)/C=C(\O)C(CC)CC.Cc1c[c-]c2c3c1oc1c(C(C)C)ccc(c13)C(C)(C)c1cc3ccccc3nc1-2.[Ir]. The van der Waals surface area contributed by atoms with Crippen molar-refractivity contribution in [2.24, 2.45) is 11.8 Å². The predicted molar refractivity (Wildman–Crippen MR) is 188 cm³/mol. The van der Waals surface area contributed by atoms with Crippen LogP contribution < -0.4 is 0 Å². The summed E-state index contributed by atoms with van der Waals surface area (Å²) in [5, 5.41) is 13.3. The maximum atomic E-state index is 11.7. The molecule has 1 aliphatic rings. The number of benzene rings is 3. The molecule has 6 rings (SSSR count). The third kappa shape index (κ3) is 6.21. The van der Waals surface area contributed by atoms with Gasteiger partial charge in [-0.1, -0.05) is 115 Å². The van der Waals surface area contributed by atoms with E-state index in [0.29, 0.717) is 5.92 Å². The van der Waals surface area contributed by atoms with Gasteiger partial charge in [0.05, 0.1) is 16.9 Å². The number of aliphatic hydroxyl groups excluding tert-OH is 1. The van der Waals surface area contributed by atoms with E-state index in [1.54, 1.807) is 0 Å². The van der Waals surface area contributed by atoms with Crippen LogP contribution in [-0.2, 0) is 30.3 Å². The number of nitrogens with zero attached hydrogens (tertiary/aromatic N) is 1. The second-order valence-electron chi connectivity index (χ2n) is 13.4. The summed E-state index contributed by atoms with van der Waals surface area (Å²) in [7, 11) is 0. The Morgan fingerprint density at radius 2 is 1.59 bits per heavy atom. The van der Waals surface area contributed by atoms with Crippen LogP contribution in [0.2, 0.25) is 0 Å². The molecule has 3 aromatic carbocycles. The summed E-state index contributed by atoms with van der Waals surface area (Å²) in [5.74, 6) is 0.938. The molecule has 0 saturated heterocycles. The van der Waals surface area contributed by atoms with Crippen molar-refractivity contribution >= 4 is 38.6 Å². The molecule has 1 N–H and O–H groups in total. The van der Waals surface area contributed by atoms with Crippen LogP contribution >= 0.6 is 0 Å². The zero-order valence-corrected chi connectivity index (χ0v) is 31.2. The minimum atomic E-state index is -0.211. The molecule has 2 heterocycles. The summed E-state index contributed by atoms with van der Waals surface area (Å²) in [6.07, 6.45) is 4.91. The second-order valence-corrected chi connectivity index (χ2v) is 13.4. The largest absolute Gasteiger partial charge is 0.512 e. The zero-order valence-electron chi connectivity index (χ0n) is 28.8. The quantitative estimate of drug-likeness (QED) is 0.0965. The van der Waals surface area contributed by atoms with Crippen LogP contribution in [0.25, 0.3) is 44.1 Å². The molecular weight excluding hydrogens is 747 g/mol. The number of pyridine rings is 1. The molecule has 2 aromatic heterocycles. The molecule has 0 bridgehead atoms. The predicted octanol–water partition coefficient (Wildman–Crippen LogP) is 11.5. The van der Waals surface area contributed by atoms with Crippen molar-refractivity contribution in [2.75, 3.05) is 0 Å². The van der Waals surface area contributed by atoms with E-state index >= 15 is 0 Å². The summed E-state index contributed by atoms with van der Waals surface area (Å²) >= 11 is 0. The van der Waals surface area contributed by atoms with Gasteiger partial charge in [0.15, 0.2) is 5.78 Å². The molecule has 5 heteroatoms. The summed E-state index contributed by atoms with van der Waals surface area (Å²) in [4.78, 5) is 16.9. The third-order valence-electron chi connectivity index (χ3n) is 9.92. The molecule has 245 valence electrons. The van der Waals surface area contributed by atoms with Gasteiger partial charge in [0.25, 0.3) is 0 Å². The van der Waals surface area contributed by atoms with Crippen LogP contribution in [0.15, 0.2) is 64.8 Å². The van der Waals surface area contributed by atoms with Gasteiger partial charge in [0.1, 0.15) is 5.58 Å². The van der Waals surface area contributed by atoms with Gasteiger partial charge in [-0.3, -0.25) is 9.78 Å². The first kappa shape index (κ1) is 35.6. The molecular formula is C41H48IrNO3-. The zero-order chi connectivity index (χ0) is 32.6. The minimum Gasteiger partial charge on any atom is -0.512 e. The number of allylic oxidation sites excluding steroid dienone is 2. The normalized spacial score (nSPS) is 13.7. The van der Waals surface area contributed by atoms with Gasteiger partial charge in [-0.25, -0.2) is 0 Å². The van der Waals surface area contributed by atoms with E-state index < -0.39 is 0 Å². The molecule has 5 aromatic rings. The number of hydrogen-bond donors (Lipinski definition) is 1. The summed E-state index contributed by atoms with van der Waals surface area (Å²) in [5.41, 5.74) is 9.80. The van der Waals surface area contributed by atoms with E-state index in [2.05, 4.69) is 83.1 Å². The van der Waals surface area contributed by atoms with Crippen LogP contribution in [0.5, 0.6) is 0 Å². The van der Waals surface area contributed by atoms with Crippen LogP contribution in [0.1, 0.15) is 109 Å². The Bertz CT molecular complexity index is 1900. The second kappa shape index (κ2) is 14.2. The number of rotatable bonds is 8. The van der Waals surface area contributed by atoms with E-state index in [9.17, 15) is 9.90 Å². The fourth-order valence-corrected chi connectivity index (χ4v) is 6.93. The number of hydrogen-bond acceptors (Lipinski definition) is 4. The van der Waals surface area contributed by atoms with Gasteiger partial charge in [-0.15, -0.1) is 17.7 Å². The van der Waals surface area contributed by atoms with Crippen LogP contribution in [-0.4, -0.2) is 15.9 Å². The van der Waals surface area contributed by atoms with Crippen LogP contribution in [0, 0.1) is 24.8 Å². The van der Waals surface area contributed by atoms with Gasteiger partial charge >= 0.3 is 0 Å². The van der Waals surface area contributed by atoms with E-state index in [4.69, 9.17) is 9.40 Å². The smallest absolute Gasteiger partial charge is 0.162 e. The van der Waals surface area contributed by atoms with Crippen LogP contribution in [0.3, 0.4) is 0 Å². The first-order chi connectivity index (χ1) is 21.5. The average Bonchev–Trinajstić information content (AvgIpc) is 3.40. The van der Waals surface area contributed by atoms with E-state index in [1.165, 1.54) is 33.5 Å². The number of fused-ring (bicyclic) bond motifs is 3. The monoisotopic (exact) mass is 795 g/mol. The number of furan rings is 1. The fraction of sp³-hybridized carbons (Fsp3) is 0.415. The summed E-state index contributed by atoms with van der Waals surface area (Å²) < 4.78 is 6.58. The Balaban J connectivity index is 0.000000259. The molecule has 46 heavy (non-hydrogen) atoms. The Morgan fingerprint density at radius 3 is 2.22 bits per heavy atom. The minimum absolute atomic E-state index is 0. The molecule has 0 atom stereocenters. The van der Waals surface area contributed by atoms with Gasteiger partial charge in [-0.2, -0.15) is 0 Å². The summed E-state index contributed by atoms with van der Waals surface area (Å²) in [6, 6.07) is 20.9. The Hall–Kier alpha value is -3.27. The first-order valence-corrected chi connectivity index (χ1v) is 16.7. The van der Waals surface area contributed by atoms with Crippen molar-refractivity contribution in [3.05, 3.63) is 88.7 Å². The third-order valence-corrected chi connectivity index (χ3v) is 9.92. The van der Waals surface area contributed by atoms with E-state index in [1.807, 2.05) is 33.8 Å². The molecule has 0 saturated carbocycles. The molecule has 0 fully saturated rings. The number of para-hydroxylation sites is 1. The van der Waals surface area contributed by atoms with Crippen molar-refractivity contribution in [1.82, 2.24) is 4.98 Å².